The molecule has 0 saturated heterocycles. The second kappa shape index (κ2) is 14.5. The smallest absolute Gasteiger partial charge is 0.426 e. The van der Waals surface area contributed by atoms with Crippen molar-refractivity contribution in [3.63, 3.8) is 0 Å². The summed E-state index contributed by atoms with van der Waals surface area (Å²) in [4.78, 5) is 27.1. The van der Waals surface area contributed by atoms with E-state index >= 15 is 0 Å². The molecule has 0 aromatic heterocycles. The molecule has 0 aliphatic rings. The van der Waals surface area contributed by atoms with Crippen molar-refractivity contribution in [2.75, 3.05) is 18.5 Å². The van der Waals surface area contributed by atoms with E-state index in [0.29, 0.717) is 16.8 Å². The molecule has 0 heterocycles. The van der Waals surface area contributed by atoms with Crippen LogP contribution in [0.5, 0.6) is 0 Å². The molecule has 2 atom stereocenters. The predicted molar refractivity (Wildman–Crippen MR) is 142 cm³/mol. The number of halogens is 3. The molecule has 0 aliphatic carbocycles. The summed E-state index contributed by atoms with van der Waals surface area (Å²) in [6.07, 6.45) is -3.21. The summed E-state index contributed by atoms with van der Waals surface area (Å²) in [7, 11) is -0.482. The Morgan fingerprint density at radius 2 is 1.72 bits per heavy atom. The lowest BCUT2D eigenvalue weighted by Gasteiger charge is -2.24. The van der Waals surface area contributed by atoms with Gasteiger partial charge in [-0.1, -0.05) is 62.4 Å². The highest BCUT2D eigenvalue weighted by molar-refractivity contribution is 6.43. The van der Waals surface area contributed by atoms with Gasteiger partial charge in [0.2, 0.25) is 5.91 Å². The first-order valence-electron chi connectivity index (χ1n) is 12.3. The van der Waals surface area contributed by atoms with Crippen LogP contribution in [0.1, 0.15) is 25.0 Å². The molecule has 0 radical (unpaired) electrons. The van der Waals surface area contributed by atoms with E-state index in [0.717, 1.165) is 0 Å². The standard InChI is InChI=1S/C27H32BF3N4O4/c1-18(2)12-21(16-32)26(37)35(3)22-11-7-10-20(13-22)14-23(33-17-27(29,30)31)25(36)34-24(28(38)39)15-19-8-5-4-6-9-19/h4-13,18,23-24,33,38-39H,14-15,17H2,1-3H3,(H,34,36). The van der Waals surface area contributed by atoms with E-state index in [1.54, 1.807) is 54.6 Å². The average molecular weight is 544 g/mol. The molecule has 2 aromatic rings. The number of anilines is 1. The number of carbonyl (C=O) groups is 2. The van der Waals surface area contributed by atoms with Crippen LogP contribution in [0.4, 0.5) is 18.9 Å². The highest BCUT2D eigenvalue weighted by Gasteiger charge is 2.33. The molecule has 0 bridgehead atoms. The minimum Gasteiger partial charge on any atom is -0.426 e. The fourth-order valence-electron chi connectivity index (χ4n) is 3.79. The minimum absolute atomic E-state index is 0.0366. The summed E-state index contributed by atoms with van der Waals surface area (Å²) >= 11 is 0. The second-order valence-electron chi connectivity index (χ2n) is 9.44. The number of alkyl halides is 3. The monoisotopic (exact) mass is 544 g/mol. The number of nitrogens with zero attached hydrogens (tertiary/aromatic N) is 2. The number of nitriles is 1. The van der Waals surface area contributed by atoms with Crippen molar-refractivity contribution in [3.05, 3.63) is 77.4 Å². The van der Waals surface area contributed by atoms with Gasteiger partial charge in [0.15, 0.2) is 0 Å². The maximum absolute atomic E-state index is 13.1. The first-order valence-corrected chi connectivity index (χ1v) is 12.3. The number of hydrogen-bond donors (Lipinski definition) is 4. The lowest BCUT2D eigenvalue weighted by atomic mass is 9.75. The summed E-state index contributed by atoms with van der Waals surface area (Å²) in [6, 6.07) is 15.5. The fraction of sp³-hybridized carbons (Fsp3) is 0.370. The van der Waals surface area contributed by atoms with Crippen LogP contribution in [0, 0.1) is 17.2 Å². The van der Waals surface area contributed by atoms with E-state index in [2.05, 4.69) is 10.6 Å². The Bertz CT molecular complexity index is 1180. The van der Waals surface area contributed by atoms with E-state index in [1.807, 2.05) is 19.9 Å². The van der Waals surface area contributed by atoms with Crippen LogP contribution < -0.4 is 15.5 Å². The third kappa shape index (κ3) is 10.6. The zero-order valence-corrected chi connectivity index (χ0v) is 21.9. The Balaban J connectivity index is 2.26. The van der Waals surface area contributed by atoms with Crippen LogP contribution in [0.3, 0.4) is 0 Å². The molecule has 12 heteroatoms. The Hall–Kier alpha value is -3.66. The van der Waals surface area contributed by atoms with Crippen LogP contribution in [-0.2, 0) is 22.4 Å². The Labute approximate surface area is 226 Å². The van der Waals surface area contributed by atoms with Crippen molar-refractivity contribution < 1.29 is 32.8 Å². The SMILES string of the molecule is CC(C)C=C(C#N)C(=O)N(C)c1cccc(CC(NCC(F)(F)F)C(=O)NC(Cc2ccccc2)B(O)O)c1. The number of allylic oxidation sites excluding steroid dienone is 1. The molecule has 2 amide bonds. The summed E-state index contributed by atoms with van der Waals surface area (Å²) in [6.45, 7) is 2.20. The van der Waals surface area contributed by atoms with Crippen molar-refractivity contribution >= 4 is 24.6 Å². The Morgan fingerprint density at radius 1 is 1.08 bits per heavy atom. The molecular formula is C27H32BF3N4O4. The number of nitrogens with one attached hydrogen (secondary N) is 2. The van der Waals surface area contributed by atoms with Gasteiger partial charge < -0.3 is 20.3 Å². The topological polar surface area (TPSA) is 126 Å². The van der Waals surface area contributed by atoms with E-state index in [1.165, 1.54) is 18.0 Å². The van der Waals surface area contributed by atoms with Gasteiger partial charge in [0.1, 0.15) is 11.6 Å². The van der Waals surface area contributed by atoms with Crippen LogP contribution in [-0.4, -0.2) is 60.7 Å². The molecule has 4 N–H and O–H groups in total. The summed E-state index contributed by atoms with van der Waals surface area (Å²) in [5.74, 6) is -2.60. The van der Waals surface area contributed by atoms with Crippen molar-refractivity contribution in [3.8, 4) is 6.07 Å². The average Bonchev–Trinajstić information content (AvgIpc) is 2.88. The first-order chi connectivity index (χ1) is 18.3. The number of likely N-dealkylation sites (N-methyl/N-ethyl adjacent to an activating group) is 1. The van der Waals surface area contributed by atoms with Gasteiger partial charge in [0.05, 0.1) is 18.5 Å². The summed E-state index contributed by atoms with van der Waals surface area (Å²) < 4.78 is 39.0. The normalized spacial score (nSPS) is 13.4. The van der Waals surface area contributed by atoms with Gasteiger partial charge >= 0.3 is 13.3 Å². The van der Waals surface area contributed by atoms with Gasteiger partial charge in [-0.15, -0.1) is 0 Å². The first kappa shape index (κ1) is 31.6. The second-order valence-corrected chi connectivity index (χ2v) is 9.44. The molecule has 0 spiro atoms. The minimum atomic E-state index is -4.59. The number of hydrogen-bond acceptors (Lipinski definition) is 6. The lowest BCUT2D eigenvalue weighted by molar-refractivity contribution is -0.132. The van der Waals surface area contributed by atoms with Crippen LogP contribution in [0.25, 0.3) is 0 Å². The van der Waals surface area contributed by atoms with Gasteiger partial charge in [0, 0.05) is 12.7 Å². The third-order valence-corrected chi connectivity index (χ3v) is 5.74. The van der Waals surface area contributed by atoms with Crippen molar-refractivity contribution in [1.29, 1.82) is 5.26 Å². The summed E-state index contributed by atoms with van der Waals surface area (Å²) in [5.41, 5.74) is 1.47. The molecule has 2 unspecified atom stereocenters. The van der Waals surface area contributed by atoms with Gasteiger partial charge in [-0.25, -0.2) is 0 Å². The van der Waals surface area contributed by atoms with Crippen LogP contribution >= 0.6 is 0 Å². The van der Waals surface area contributed by atoms with Gasteiger partial charge in [-0.05, 0) is 42.0 Å². The molecule has 0 saturated carbocycles. The highest BCUT2D eigenvalue weighted by Crippen LogP contribution is 2.20. The van der Waals surface area contributed by atoms with Crippen molar-refractivity contribution in [2.24, 2.45) is 5.92 Å². The Morgan fingerprint density at radius 3 is 2.28 bits per heavy atom. The molecule has 2 rings (SSSR count). The van der Waals surface area contributed by atoms with Gasteiger partial charge in [-0.3, -0.25) is 14.9 Å². The van der Waals surface area contributed by atoms with Crippen LogP contribution in [0.15, 0.2) is 66.2 Å². The zero-order valence-electron chi connectivity index (χ0n) is 21.9. The molecule has 2 aromatic carbocycles. The van der Waals surface area contributed by atoms with E-state index in [9.17, 15) is 38.1 Å². The maximum atomic E-state index is 13.1. The van der Waals surface area contributed by atoms with Crippen molar-refractivity contribution in [2.45, 2.75) is 44.8 Å². The molecule has 0 fully saturated rings. The molecule has 0 aliphatic heterocycles. The number of benzene rings is 2. The predicted octanol–water partition coefficient (Wildman–Crippen LogP) is 2.56. The van der Waals surface area contributed by atoms with Crippen LogP contribution in [0.2, 0.25) is 0 Å². The lowest BCUT2D eigenvalue weighted by Crippen LogP contribution is -2.55. The van der Waals surface area contributed by atoms with E-state index in [-0.39, 0.29) is 24.3 Å². The van der Waals surface area contributed by atoms with Gasteiger partial charge in [0.25, 0.3) is 5.91 Å². The zero-order chi connectivity index (χ0) is 29.2. The molecule has 39 heavy (non-hydrogen) atoms. The van der Waals surface area contributed by atoms with Crippen molar-refractivity contribution in [1.82, 2.24) is 10.6 Å². The molecule has 208 valence electrons. The highest BCUT2D eigenvalue weighted by atomic mass is 19.4. The Kier molecular flexibility index (Phi) is 11.7. The number of amides is 2. The molecule has 8 nitrogen and oxygen atoms in total. The fourth-order valence-corrected chi connectivity index (χ4v) is 3.79. The summed E-state index contributed by atoms with van der Waals surface area (Å²) in [5, 5.41) is 33.6. The number of carbonyl (C=O) groups excluding carboxylic acids is 2. The maximum Gasteiger partial charge on any atom is 0.475 e. The number of rotatable bonds is 12. The quantitative estimate of drug-likeness (QED) is 0.185. The van der Waals surface area contributed by atoms with Gasteiger partial charge in [-0.2, -0.15) is 18.4 Å². The van der Waals surface area contributed by atoms with E-state index in [4.69, 9.17) is 0 Å². The van der Waals surface area contributed by atoms with E-state index < -0.39 is 43.6 Å². The largest absolute Gasteiger partial charge is 0.475 e. The third-order valence-electron chi connectivity index (χ3n) is 5.74. The molecular weight excluding hydrogens is 512 g/mol.